The van der Waals surface area contributed by atoms with E-state index in [4.69, 9.17) is 0 Å². The first-order valence-electron chi connectivity index (χ1n) is 10.7. The lowest BCUT2D eigenvalue weighted by Gasteiger charge is -2.34. The van der Waals surface area contributed by atoms with Gasteiger partial charge in [-0.15, -0.1) is 0 Å². The largest absolute Gasteiger partial charge is 0.480 e. The van der Waals surface area contributed by atoms with Crippen LogP contribution >= 0.6 is 0 Å². The van der Waals surface area contributed by atoms with Gasteiger partial charge in [0.15, 0.2) is 11.5 Å². The molecule has 164 valence electrons. The first kappa shape index (κ1) is 20.6. The maximum Gasteiger partial charge on any atom is 0.326 e. The summed E-state index contributed by atoms with van der Waals surface area (Å²) in [5.41, 5.74) is 4.69. The number of pyridine rings is 1. The number of fused-ring (bicyclic) bond motifs is 1. The lowest BCUT2D eigenvalue weighted by atomic mass is 9.93. The Morgan fingerprint density at radius 2 is 1.70 bits per heavy atom. The molecule has 1 aliphatic heterocycles. The van der Waals surface area contributed by atoms with Crippen molar-refractivity contribution in [3.8, 4) is 17.1 Å². The molecule has 4 aromatic rings. The molecule has 0 fully saturated rings. The van der Waals surface area contributed by atoms with Crippen molar-refractivity contribution in [1.82, 2.24) is 19.7 Å². The van der Waals surface area contributed by atoms with Gasteiger partial charge in [-0.25, -0.2) is 14.5 Å². The first-order valence-corrected chi connectivity index (χ1v) is 10.7. The maximum atomic E-state index is 13.6. The number of benzene rings is 2. The second kappa shape index (κ2) is 8.35. The lowest BCUT2D eigenvalue weighted by Crippen LogP contribution is -2.48. The number of nitrogens with zero attached hydrogens (tertiary/aromatic N) is 4. The summed E-state index contributed by atoms with van der Waals surface area (Å²) in [6, 6.07) is 21.8. The number of carboxylic acids is 1. The third-order valence-corrected chi connectivity index (χ3v) is 5.91. The fourth-order valence-electron chi connectivity index (χ4n) is 4.22. The number of carbonyl (C=O) groups is 2. The normalized spacial score (nSPS) is 15.2. The minimum absolute atomic E-state index is 0.183. The van der Waals surface area contributed by atoms with Crippen LogP contribution in [0.25, 0.3) is 17.1 Å². The molecule has 0 spiro atoms. The van der Waals surface area contributed by atoms with Crippen LogP contribution in [0.15, 0.2) is 79.0 Å². The molecule has 5 rings (SSSR count). The standard InChI is InChI=1S/C26H22N4O3/c1-17-11-12-27-24(13-17)30-22(18-7-3-2-4-8-18)15-21(28-30)25(31)29-16-20-10-6-5-9-19(20)14-23(29)26(32)33/h2-13,15,23H,14,16H2,1H3,(H,32,33)/t23-/m0/s1. The van der Waals surface area contributed by atoms with E-state index in [2.05, 4.69) is 10.1 Å². The summed E-state index contributed by atoms with van der Waals surface area (Å²) in [6.07, 6.45) is 1.97. The zero-order valence-electron chi connectivity index (χ0n) is 18.0. The van der Waals surface area contributed by atoms with Crippen LogP contribution in [0.1, 0.15) is 27.2 Å². The molecule has 0 saturated carbocycles. The Labute approximate surface area is 190 Å². The van der Waals surface area contributed by atoms with E-state index in [-0.39, 0.29) is 18.7 Å². The van der Waals surface area contributed by atoms with Crippen molar-refractivity contribution in [2.75, 3.05) is 0 Å². The van der Waals surface area contributed by atoms with Crippen molar-refractivity contribution >= 4 is 11.9 Å². The Kier molecular flexibility index (Phi) is 5.22. The van der Waals surface area contributed by atoms with Crippen LogP contribution in [0.4, 0.5) is 0 Å². The van der Waals surface area contributed by atoms with Crippen LogP contribution in [-0.4, -0.2) is 42.7 Å². The van der Waals surface area contributed by atoms with Crippen LogP contribution in [0, 0.1) is 6.92 Å². The molecule has 2 aromatic carbocycles. The van der Waals surface area contributed by atoms with Crippen LogP contribution < -0.4 is 0 Å². The Balaban J connectivity index is 1.59. The number of amides is 1. The van der Waals surface area contributed by atoms with Crippen molar-refractivity contribution in [1.29, 1.82) is 0 Å². The molecule has 7 heteroatoms. The van der Waals surface area contributed by atoms with Crippen LogP contribution in [0.3, 0.4) is 0 Å². The van der Waals surface area contributed by atoms with Gasteiger partial charge >= 0.3 is 5.97 Å². The molecular weight excluding hydrogens is 416 g/mol. The molecule has 0 radical (unpaired) electrons. The molecule has 0 bridgehead atoms. The highest BCUT2D eigenvalue weighted by molar-refractivity contribution is 5.96. The van der Waals surface area contributed by atoms with Gasteiger partial charge in [-0.2, -0.15) is 5.10 Å². The smallest absolute Gasteiger partial charge is 0.326 e. The van der Waals surface area contributed by atoms with E-state index < -0.39 is 17.9 Å². The molecule has 1 N–H and O–H groups in total. The van der Waals surface area contributed by atoms with Gasteiger partial charge in [0.1, 0.15) is 6.04 Å². The summed E-state index contributed by atoms with van der Waals surface area (Å²) in [5.74, 6) is -0.854. The van der Waals surface area contributed by atoms with Gasteiger partial charge < -0.3 is 10.0 Å². The van der Waals surface area contributed by atoms with E-state index in [0.717, 1.165) is 22.3 Å². The van der Waals surface area contributed by atoms with E-state index in [1.165, 1.54) is 4.90 Å². The Morgan fingerprint density at radius 3 is 2.42 bits per heavy atom. The fraction of sp³-hybridized carbons (Fsp3) is 0.154. The number of carboxylic acid groups (broad SMARTS) is 1. The summed E-state index contributed by atoms with van der Waals surface area (Å²) < 4.78 is 1.64. The third-order valence-electron chi connectivity index (χ3n) is 5.91. The molecule has 7 nitrogen and oxygen atoms in total. The summed E-state index contributed by atoms with van der Waals surface area (Å²) >= 11 is 0. The highest BCUT2D eigenvalue weighted by Crippen LogP contribution is 2.28. The molecule has 3 heterocycles. The number of aryl methyl sites for hydroxylation is 1. The quantitative estimate of drug-likeness (QED) is 0.522. The maximum absolute atomic E-state index is 13.6. The topological polar surface area (TPSA) is 88.3 Å². The van der Waals surface area contributed by atoms with Gasteiger partial charge in [0.05, 0.1) is 5.69 Å². The highest BCUT2D eigenvalue weighted by atomic mass is 16.4. The first-order chi connectivity index (χ1) is 16.0. The lowest BCUT2D eigenvalue weighted by molar-refractivity contribution is -0.142. The van der Waals surface area contributed by atoms with Crippen molar-refractivity contribution in [2.45, 2.75) is 25.9 Å². The Morgan fingerprint density at radius 1 is 0.970 bits per heavy atom. The molecule has 2 aromatic heterocycles. The third kappa shape index (κ3) is 3.89. The molecule has 33 heavy (non-hydrogen) atoms. The van der Waals surface area contributed by atoms with Crippen LogP contribution in [0.5, 0.6) is 0 Å². The van der Waals surface area contributed by atoms with E-state index in [9.17, 15) is 14.7 Å². The van der Waals surface area contributed by atoms with Crippen molar-refractivity contribution < 1.29 is 14.7 Å². The van der Waals surface area contributed by atoms with E-state index in [0.29, 0.717) is 11.5 Å². The van der Waals surface area contributed by atoms with Gasteiger partial charge in [0.2, 0.25) is 0 Å². The Hall–Kier alpha value is -4.26. The number of aliphatic carboxylic acids is 1. The summed E-state index contributed by atoms with van der Waals surface area (Å²) in [5, 5.41) is 14.4. The number of hydrogen-bond donors (Lipinski definition) is 1. The van der Waals surface area contributed by atoms with Gasteiger partial charge in [-0.1, -0.05) is 54.6 Å². The van der Waals surface area contributed by atoms with Gasteiger partial charge in [-0.3, -0.25) is 4.79 Å². The highest BCUT2D eigenvalue weighted by Gasteiger charge is 2.36. The van der Waals surface area contributed by atoms with Gasteiger partial charge in [-0.05, 0) is 41.8 Å². The van der Waals surface area contributed by atoms with E-state index in [1.807, 2.05) is 73.7 Å². The second-order valence-corrected chi connectivity index (χ2v) is 8.14. The van der Waals surface area contributed by atoms with Crippen molar-refractivity contribution in [3.05, 3.63) is 101 Å². The zero-order chi connectivity index (χ0) is 22.9. The predicted molar refractivity (Wildman–Crippen MR) is 123 cm³/mol. The summed E-state index contributed by atoms with van der Waals surface area (Å²) in [7, 11) is 0. The fourth-order valence-corrected chi connectivity index (χ4v) is 4.22. The molecule has 0 saturated heterocycles. The molecular formula is C26H22N4O3. The van der Waals surface area contributed by atoms with Gasteiger partial charge in [0.25, 0.3) is 5.91 Å². The van der Waals surface area contributed by atoms with Crippen LogP contribution in [0.2, 0.25) is 0 Å². The number of carbonyl (C=O) groups excluding carboxylic acids is 1. The molecule has 1 amide bonds. The van der Waals surface area contributed by atoms with Gasteiger partial charge in [0, 0.05) is 24.7 Å². The van der Waals surface area contributed by atoms with Crippen molar-refractivity contribution in [3.63, 3.8) is 0 Å². The van der Waals surface area contributed by atoms with E-state index >= 15 is 0 Å². The average molecular weight is 438 g/mol. The SMILES string of the molecule is Cc1ccnc(-n2nc(C(=O)N3Cc4ccccc4C[C@H]3C(=O)O)cc2-c2ccccc2)c1. The molecule has 0 aliphatic carbocycles. The second-order valence-electron chi connectivity index (χ2n) is 8.14. The van der Waals surface area contributed by atoms with E-state index in [1.54, 1.807) is 16.9 Å². The molecule has 1 atom stereocenters. The monoisotopic (exact) mass is 438 g/mol. The Bertz CT molecular complexity index is 1350. The zero-order valence-corrected chi connectivity index (χ0v) is 18.0. The molecule has 0 unspecified atom stereocenters. The minimum Gasteiger partial charge on any atom is -0.480 e. The summed E-state index contributed by atoms with van der Waals surface area (Å²) in [6.45, 7) is 2.19. The van der Waals surface area contributed by atoms with Crippen LogP contribution in [-0.2, 0) is 17.8 Å². The number of hydrogen-bond acceptors (Lipinski definition) is 4. The average Bonchev–Trinajstić information content (AvgIpc) is 3.29. The molecule has 1 aliphatic rings. The number of rotatable bonds is 4. The predicted octanol–water partition coefficient (Wildman–Crippen LogP) is 3.89. The van der Waals surface area contributed by atoms with Crippen molar-refractivity contribution in [2.24, 2.45) is 0 Å². The number of aromatic nitrogens is 3. The minimum atomic E-state index is -1.03. The summed E-state index contributed by atoms with van der Waals surface area (Å²) in [4.78, 5) is 31.5.